The number of nitrogens with one attached hydrogen (secondary N) is 1. The number of carbonyl (C=O) groups is 1. The third-order valence-electron chi connectivity index (χ3n) is 4.22. The number of carbonyl (C=O) groups excluding carboxylic acids is 1. The van der Waals surface area contributed by atoms with Crippen LogP contribution in [0.2, 0.25) is 0 Å². The van der Waals surface area contributed by atoms with Crippen LogP contribution in [0.1, 0.15) is 27.7 Å². The molecule has 1 fully saturated rings. The first kappa shape index (κ1) is 18.0. The van der Waals surface area contributed by atoms with Crippen LogP contribution in [0.5, 0.6) is 0 Å². The highest BCUT2D eigenvalue weighted by Crippen LogP contribution is 2.25. The van der Waals surface area contributed by atoms with Crippen molar-refractivity contribution in [2.75, 3.05) is 24.5 Å². The fourth-order valence-corrected chi connectivity index (χ4v) is 3.00. The van der Waals surface area contributed by atoms with Gasteiger partial charge in [0.1, 0.15) is 5.60 Å². The van der Waals surface area contributed by atoms with Crippen molar-refractivity contribution < 1.29 is 14.5 Å². The van der Waals surface area contributed by atoms with Crippen LogP contribution >= 0.6 is 0 Å². The number of hydrogen-bond donors (Lipinski definition) is 1. The van der Waals surface area contributed by atoms with Crippen LogP contribution in [-0.4, -0.2) is 57.2 Å². The number of piperazine rings is 1. The number of amides is 1. The Balaban J connectivity index is 1.74. The van der Waals surface area contributed by atoms with Crippen molar-refractivity contribution in [1.82, 2.24) is 14.9 Å². The second-order valence-corrected chi connectivity index (χ2v) is 7.49. The van der Waals surface area contributed by atoms with Gasteiger partial charge in [0.25, 0.3) is 5.69 Å². The van der Waals surface area contributed by atoms with E-state index in [9.17, 15) is 14.9 Å². The van der Waals surface area contributed by atoms with Gasteiger partial charge in [0.05, 0.1) is 16.0 Å². The van der Waals surface area contributed by atoms with Gasteiger partial charge in [-0.2, -0.15) is 0 Å². The van der Waals surface area contributed by atoms with E-state index in [-0.39, 0.29) is 17.8 Å². The van der Waals surface area contributed by atoms with Crippen molar-refractivity contribution in [3.05, 3.63) is 28.3 Å². The molecule has 2 heterocycles. The topological polar surface area (TPSA) is 105 Å². The van der Waals surface area contributed by atoms with Crippen LogP contribution in [-0.2, 0) is 4.74 Å². The van der Waals surface area contributed by atoms with Gasteiger partial charge in [-0.3, -0.25) is 10.1 Å². The lowest BCUT2D eigenvalue weighted by Crippen LogP contribution is -2.54. The molecule has 1 saturated heterocycles. The Morgan fingerprint density at radius 2 is 2.12 bits per heavy atom. The predicted molar refractivity (Wildman–Crippen MR) is 97.4 cm³/mol. The number of benzene rings is 1. The van der Waals surface area contributed by atoms with E-state index in [0.717, 1.165) is 0 Å². The highest BCUT2D eigenvalue weighted by Gasteiger charge is 2.31. The van der Waals surface area contributed by atoms with Crippen LogP contribution in [0.3, 0.4) is 0 Å². The summed E-state index contributed by atoms with van der Waals surface area (Å²) in [5, 5.41) is 10.9. The van der Waals surface area contributed by atoms with E-state index < -0.39 is 10.5 Å². The summed E-state index contributed by atoms with van der Waals surface area (Å²) >= 11 is 0. The van der Waals surface area contributed by atoms with Gasteiger partial charge in [-0.1, -0.05) is 0 Å². The maximum atomic E-state index is 12.2. The fraction of sp³-hybridized carbons (Fsp3) is 0.529. The molecule has 1 aliphatic rings. The highest BCUT2D eigenvalue weighted by molar-refractivity contribution is 5.80. The average molecular weight is 361 g/mol. The summed E-state index contributed by atoms with van der Waals surface area (Å²) in [6, 6.07) is 4.59. The molecule has 2 aromatic rings. The molecule has 0 aliphatic carbocycles. The minimum atomic E-state index is -0.523. The molecule has 1 aliphatic heterocycles. The Morgan fingerprint density at radius 3 is 2.73 bits per heavy atom. The van der Waals surface area contributed by atoms with Crippen LogP contribution in [0.25, 0.3) is 11.0 Å². The molecule has 1 N–H and O–H groups in total. The molecule has 9 heteroatoms. The number of anilines is 1. The summed E-state index contributed by atoms with van der Waals surface area (Å²) < 4.78 is 5.43. The van der Waals surface area contributed by atoms with Gasteiger partial charge in [0.2, 0.25) is 5.95 Å². The van der Waals surface area contributed by atoms with Crippen molar-refractivity contribution in [2.45, 2.75) is 39.3 Å². The van der Waals surface area contributed by atoms with Gasteiger partial charge in [-0.25, -0.2) is 9.78 Å². The van der Waals surface area contributed by atoms with Crippen molar-refractivity contribution >= 4 is 28.8 Å². The van der Waals surface area contributed by atoms with Gasteiger partial charge in [0.15, 0.2) is 0 Å². The standard InChI is InChI=1S/C17H23N5O4/c1-11-10-20(16(23)26-17(2,3)4)7-8-21(11)15-18-13-6-5-12(22(24)25)9-14(13)19-15/h5-6,9,11H,7-8,10H2,1-4H3,(H,18,19). The highest BCUT2D eigenvalue weighted by atomic mass is 16.6. The van der Waals surface area contributed by atoms with Crippen LogP contribution < -0.4 is 4.90 Å². The molecule has 1 atom stereocenters. The van der Waals surface area contributed by atoms with E-state index in [1.54, 1.807) is 11.0 Å². The molecule has 26 heavy (non-hydrogen) atoms. The molecule has 0 bridgehead atoms. The minimum Gasteiger partial charge on any atom is -0.444 e. The first-order valence-electron chi connectivity index (χ1n) is 8.53. The molecule has 0 spiro atoms. The number of imidazole rings is 1. The molecule has 1 aromatic carbocycles. The summed E-state index contributed by atoms with van der Waals surface area (Å²) in [4.78, 5) is 34.2. The van der Waals surface area contributed by atoms with Crippen molar-refractivity contribution in [3.8, 4) is 0 Å². The second-order valence-electron chi connectivity index (χ2n) is 7.49. The molecule has 1 unspecified atom stereocenters. The molecule has 0 saturated carbocycles. The smallest absolute Gasteiger partial charge is 0.410 e. The Kier molecular flexibility index (Phi) is 4.47. The summed E-state index contributed by atoms with van der Waals surface area (Å²) in [6.45, 7) is 9.19. The van der Waals surface area contributed by atoms with Crippen LogP contribution in [0, 0.1) is 10.1 Å². The van der Waals surface area contributed by atoms with Crippen molar-refractivity contribution in [1.29, 1.82) is 0 Å². The zero-order chi connectivity index (χ0) is 19.1. The van der Waals surface area contributed by atoms with Gasteiger partial charge in [-0.05, 0) is 33.8 Å². The predicted octanol–water partition coefficient (Wildman–Crippen LogP) is 2.92. The quantitative estimate of drug-likeness (QED) is 0.651. The number of ether oxygens (including phenoxy) is 1. The van der Waals surface area contributed by atoms with E-state index in [0.29, 0.717) is 36.6 Å². The number of H-pyrrole nitrogens is 1. The minimum absolute atomic E-state index is 0.0236. The molecular formula is C17H23N5O4. The summed E-state index contributed by atoms with van der Waals surface area (Å²) in [5.41, 5.74) is 0.795. The number of fused-ring (bicyclic) bond motifs is 1. The molecule has 1 amide bonds. The van der Waals surface area contributed by atoms with Crippen molar-refractivity contribution in [3.63, 3.8) is 0 Å². The Morgan fingerprint density at radius 1 is 1.38 bits per heavy atom. The van der Waals surface area contributed by atoms with Gasteiger partial charge in [-0.15, -0.1) is 0 Å². The Labute approximate surface area is 151 Å². The number of rotatable bonds is 2. The third kappa shape index (κ3) is 3.71. The molecular weight excluding hydrogens is 338 g/mol. The van der Waals surface area contributed by atoms with Crippen molar-refractivity contribution in [2.24, 2.45) is 0 Å². The van der Waals surface area contributed by atoms with E-state index in [1.165, 1.54) is 12.1 Å². The number of aromatic amines is 1. The van der Waals surface area contributed by atoms with E-state index in [1.807, 2.05) is 27.7 Å². The number of nitro groups is 1. The van der Waals surface area contributed by atoms with Crippen LogP contribution in [0.4, 0.5) is 16.4 Å². The zero-order valence-corrected chi connectivity index (χ0v) is 15.4. The maximum absolute atomic E-state index is 12.2. The number of nitro benzene ring substituents is 1. The van der Waals surface area contributed by atoms with Gasteiger partial charge < -0.3 is 19.5 Å². The molecule has 0 radical (unpaired) electrons. The van der Waals surface area contributed by atoms with Crippen LogP contribution in [0.15, 0.2) is 18.2 Å². The summed E-state index contributed by atoms with van der Waals surface area (Å²) in [6.07, 6.45) is -0.316. The average Bonchev–Trinajstić information content (AvgIpc) is 2.95. The van der Waals surface area contributed by atoms with E-state index in [4.69, 9.17) is 4.74 Å². The third-order valence-corrected chi connectivity index (χ3v) is 4.22. The number of non-ortho nitro benzene ring substituents is 1. The maximum Gasteiger partial charge on any atom is 0.410 e. The van der Waals surface area contributed by atoms with E-state index >= 15 is 0 Å². The molecule has 3 rings (SSSR count). The first-order valence-corrected chi connectivity index (χ1v) is 8.53. The first-order chi connectivity index (χ1) is 12.1. The Hall–Kier alpha value is -2.84. The lowest BCUT2D eigenvalue weighted by Gasteiger charge is -2.40. The number of hydrogen-bond acceptors (Lipinski definition) is 6. The lowest BCUT2D eigenvalue weighted by molar-refractivity contribution is -0.384. The fourth-order valence-electron chi connectivity index (χ4n) is 3.00. The zero-order valence-electron chi connectivity index (χ0n) is 15.4. The monoisotopic (exact) mass is 361 g/mol. The normalized spacial score (nSPS) is 18.2. The SMILES string of the molecule is CC1CN(C(=O)OC(C)(C)C)CCN1c1nc2ccc([N+](=O)[O-])cc2[nH]1. The summed E-state index contributed by atoms with van der Waals surface area (Å²) in [5.74, 6) is 0.650. The molecule has 9 nitrogen and oxygen atoms in total. The second kappa shape index (κ2) is 6.47. The summed E-state index contributed by atoms with van der Waals surface area (Å²) in [7, 11) is 0. The van der Waals surface area contributed by atoms with E-state index in [2.05, 4.69) is 14.9 Å². The molecule has 1 aromatic heterocycles. The number of nitrogens with zero attached hydrogens (tertiary/aromatic N) is 4. The lowest BCUT2D eigenvalue weighted by atomic mass is 10.2. The largest absolute Gasteiger partial charge is 0.444 e. The molecule has 140 valence electrons. The van der Waals surface area contributed by atoms with Gasteiger partial charge in [0, 0.05) is 37.8 Å². The Bertz CT molecular complexity index is 841. The van der Waals surface area contributed by atoms with Gasteiger partial charge >= 0.3 is 6.09 Å². The number of aromatic nitrogens is 2.